The smallest absolute Gasteiger partial charge is 0.415 e. The van der Waals surface area contributed by atoms with Crippen LogP contribution in [0.2, 0.25) is 0 Å². The standard InChI is InChI=1S/C9H13N3O2/c10-4-3-7-6-12(9(13)14-7)8-2-1-5-11-8/h1-2,5,7,11H,3-4,6,10H2. The van der Waals surface area contributed by atoms with E-state index < -0.39 is 0 Å². The first-order valence-electron chi connectivity index (χ1n) is 4.63. The molecule has 0 radical (unpaired) electrons. The molecule has 1 aliphatic rings. The predicted molar refractivity (Wildman–Crippen MR) is 52.1 cm³/mol. The molecule has 2 heterocycles. The highest BCUT2D eigenvalue weighted by Crippen LogP contribution is 2.20. The topological polar surface area (TPSA) is 71.3 Å². The van der Waals surface area contributed by atoms with Crippen LogP contribution >= 0.6 is 0 Å². The summed E-state index contributed by atoms with van der Waals surface area (Å²) >= 11 is 0. The average Bonchev–Trinajstić information content (AvgIpc) is 2.74. The summed E-state index contributed by atoms with van der Waals surface area (Å²) in [4.78, 5) is 16.0. The van der Waals surface area contributed by atoms with E-state index in [-0.39, 0.29) is 12.2 Å². The minimum absolute atomic E-state index is 0.0733. The van der Waals surface area contributed by atoms with Crippen LogP contribution in [0.3, 0.4) is 0 Å². The van der Waals surface area contributed by atoms with E-state index in [2.05, 4.69) is 4.98 Å². The van der Waals surface area contributed by atoms with Gasteiger partial charge in [0.25, 0.3) is 0 Å². The van der Waals surface area contributed by atoms with Gasteiger partial charge >= 0.3 is 6.09 Å². The van der Waals surface area contributed by atoms with Gasteiger partial charge in [-0.15, -0.1) is 0 Å². The third kappa shape index (κ3) is 1.58. The van der Waals surface area contributed by atoms with E-state index in [0.29, 0.717) is 19.5 Å². The fourth-order valence-electron chi connectivity index (χ4n) is 1.54. The number of anilines is 1. The van der Waals surface area contributed by atoms with Crippen molar-refractivity contribution in [3.8, 4) is 0 Å². The molecule has 1 amide bonds. The van der Waals surface area contributed by atoms with E-state index in [0.717, 1.165) is 5.82 Å². The maximum Gasteiger partial charge on any atom is 0.415 e. The van der Waals surface area contributed by atoms with E-state index in [1.807, 2.05) is 12.1 Å². The number of cyclic esters (lactones) is 1. The molecular weight excluding hydrogens is 182 g/mol. The number of nitrogens with two attached hydrogens (primary N) is 1. The van der Waals surface area contributed by atoms with Crippen molar-refractivity contribution < 1.29 is 9.53 Å². The first-order chi connectivity index (χ1) is 6.81. The summed E-state index contributed by atoms with van der Waals surface area (Å²) in [6.45, 7) is 1.12. The Morgan fingerprint density at radius 1 is 1.71 bits per heavy atom. The number of nitrogens with zero attached hydrogens (tertiary/aromatic N) is 1. The maximum atomic E-state index is 11.4. The van der Waals surface area contributed by atoms with Crippen molar-refractivity contribution in [2.45, 2.75) is 12.5 Å². The van der Waals surface area contributed by atoms with Gasteiger partial charge in [0.05, 0.1) is 6.54 Å². The Balaban J connectivity index is 2.05. The lowest BCUT2D eigenvalue weighted by Crippen LogP contribution is -2.25. The molecule has 1 atom stereocenters. The summed E-state index contributed by atoms with van der Waals surface area (Å²) in [5.74, 6) is 0.773. The van der Waals surface area contributed by atoms with Crippen molar-refractivity contribution >= 4 is 11.9 Å². The Bertz CT molecular complexity index is 310. The molecule has 1 fully saturated rings. The largest absolute Gasteiger partial charge is 0.444 e. The van der Waals surface area contributed by atoms with E-state index >= 15 is 0 Å². The second kappa shape index (κ2) is 3.71. The minimum atomic E-state index is -0.300. The van der Waals surface area contributed by atoms with Crippen molar-refractivity contribution in [3.05, 3.63) is 18.3 Å². The molecule has 0 bridgehead atoms. The van der Waals surface area contributed by atoms with Crippen LogP contribution in [0.5, 0.6) is 0 Å². The average molecular weight is 195 g/mol. The van der Waals surface area contributed by atoms with Gasteiger partial charge in [-0.2, -0.15) is 0 Å². The summed E-state index contributed by atoms with van der Waals surface area (Å²) in [6.07, 6.45) is 2.11. The van der Waals surface area contributed by atoms with Crippen LogP contribution in [0.25, 0.3) is 0 Å². The van der Waals surface area contributed by atoms with E-state index in [1.165, 1.54) is 0 Å². The van der Waals surface area contributed by atoms with E-state index in [4.69, 9.17) is 10.5 Å². The van der Waals surface area contributed by atoms with Crippen LogP contribution in [-0.4, -0.2) is 30.3 Å². The zero-order chi connectivity index (χ0) is 9.97. The van der Waals surface area contributed by atoms with Crippen LogP contribution in [0.4, 0.5) is 10.6 Å². The number of rotatable bonds is 3. The molecule has 76 valence electrons. The maximum absolute atomic E-state index is 11.4. The number of H-pyrrole nitrogens is 1. The van der Waals surface area contributed by atoms with Gasteiger partial charge in [-0.1, -0.05) is 0 Å². The summed E-state index contributed by atoms with van der Waals surface area (Å²) in [5.41, 5.74) is 5.40. The predicted octanol–water partition coefficient (Wildman–Crippen LogP) is 0.689. The highest BCUT2D eigenvalue weighted by atomic mass is 16.6. The Morgan fingerprint density at radius 3 is 3.21 bits per heavy atom. The number of hydrogen-bond acceptors (Lipinski definition) is 3. The van der Waals surface area contributed by atoms with Gasteiger partial charge in [0.1, 0.15) is 11.9 Å². The van der Waals surface area contributed by atoms with Crippen LogP contribution in [0.1, 0.15) is 6.42 Å². The van der Waals surface area contributed by atoms with Crippen molar-refractivity contribution in [1.29, 1.82) is 0 Å². The van der Waals surface area contributed by atoms with Crippen molar-refractivity contribution in [1.82, 2.24) is 4.98 Å². The van der Waals surface area contributed by atoms with Crippen LogP contribution in [0.15, 0.2) is 18.3 Å². The summed E-state index contributed by atoms with van der Waals surface area (Å²) < 4.78 is 5.13. The number of aromatic amines is 1. The van der Waals surface area contributed by atoms with Gasteiger partial charge in [0.15, 0.2) is 0 Å². The lowest BCUT2D eigenvalue weighted by Gasteiger charge is -2.09. The molecule has 1 aliphatic heterocycles. The monoisotopic (exact) mass is 195 g/mol. The fraction of sp³-hybridized carbons (Fsp3) is 0.444. The molecular formula is C9H13N3O2. The van der Waals surface area contributed by atoms with Crippen LogP contribution in [-0.2, 0) is 4.74 Å². The minimum Gasteiger partial charge on any atom is -0.444 e. The molecule has 1 aromatic rings. The number of hydrogen-bond donors (Lipinski definition) is 2. The zero-order valence-electron chi connectivity index (χ0n) is 7.77. The summed E-state index contributed by atoms with van der Waals surface area (Å²) in [7, 11) is 0. The Labute approximate surface area is 81.8 Å². The number of amides is 1. The van der Waals surface area contributed by atoms with Crippen molar-refractivity contribution in [3.63, 3.8) is 0 Å². The molecule has 1 aromatic heterocycles. The molecule has 0 saturated carbocycles. The molecule has 14 heavy (non-hydrogen) atoms. The molecule has 0 aliphatic carbocycles. The lowest BCUT2D eigenvalue weighted by atomic mass is 10.2. The Morgan fingerprint density at radius 2 is 2.57 bits per heavy atom. The number of ether oxygens (including phenoxy) is 1. The number of aromatic nitrogens is 1. The van der Waals surface area contributed by atoms with Crippen molar-refractivity contribution in [2.75, 3.05) is 18.0 Å². The third-order valence-electron chi connectivity index (χ3n) is 2.24. The molecule has 1 unspecified atom stereocenters. The van der Waals surface area contributed by atoms with Gasteiger partial charge < -0.3 is 15.5 Å². The van der Waals surface area contributed by atoms with Gasteiger partial charge in [-0.3, -0.25) is 4.90 Å². The second-order valence-corrected chi connectivity index (χ2v) is 3.25. The zero-order valence-corrected chi connectivity index (χ0v) is 7.77. The quantitative estimate of drug-likeness (QED) is 0.745. The third-order valence-corrected chi connectivity index (χ3v) is 2.24. The fourth-order valence-corrected chi connectivity index (χ4v) is 1.54. The molecule has 0 spiro atoms. The molecule has 5 nitrogen and oxygen atoms in total. The SMILES string of the molecule is NCCC1CN(c2ccc[nH]2)C(=O)O1. The molecule has 2 rings (SSSR count). The molecule has 0 aromatic carbocycles. The highest BCUT2D eigenvalue weighted by Gasteiger charge is 2.31. The Hall–Kier alpha value is -1.49. The number of carbonyl (C=O) groups is 1. The van der Waals surface area contributed by atoms with Gasteiger partial charge in [0, 0.05) is 6.20 Å². The van der Waals surface area contributed by atoms with Crippen LogP contribution < -0.4 is 10.6 Å². The molecule has 3 N–H and O–H groups in total. The van der Waals surface area contributed by atoms with Crippen molar-refractivity contribution in [2.24, 2.45) is 5.73 Å². The summed E-state index contributed by atoms with van der Waals surface area (Å²) in [6, 6.07) is 3.69. The van der Waals surface area contributed by atoms with Gasteiger partial charge in [-0.05, 0) is 25.1 Å². The van der Waals surface area contributed by atoms with Crippen LogP contribution in [0, 0.1) is 0 Å². The van der Waals surface area contributed by atoms with E-state index in [1.54, 1.807) is 11.1 Å². The summed E-state index contributed by atoms with van der Waals surface area (Å²) in [5, 5.41) is 0. The van der Waals surface area contributed by atoms with E-state index in [9.17, 15) is 4.79 Å². The highest BCUT2D eigenvalue weighted by molar-refractivity contribution is 5.88. The first-order valence-corrected chi connectivity index (χ1v) is 4.63. The number of carbonyl (C=O) groups excluding carboxylic acids is 1. The molecule has 5 heteroatoms. The molecule has 1 saturated heterocycles. The first kappa shape index (κ1) is 9.08. The number of nitrogens with one attached hydrogen (secondary N) is 1. The Kier molecular flexibility index (Phi) is 2.41. The van der Waals surface area contributed by atoms with Gasteiger partial charge in [-0.25, -0.2) is 4.79 Å². The normalized spacial score (nSPS) is 21.4. The van der Waals surface area contributed by atoms with Gasteiger partial charge in [0.2, 0.25) is 0 Å². The second-order valence-electron chi connectivity index (χ2n) is 3.25. The lowest BCUT2D eigenvalue weighted by molar-refractivity contribution is 0.138.